The number of halogens is 1. The molecule has 0 unspecified atom stereocenters. The van der Waals surface area contributed by atoms with E-state index in [0.29, 0.717) is 22.9 Å². The normalized spacial score (nSPS) is 15.0. The molecule has 0 bridgehead atoms. The lowest BCUT2D eigenvalue weighted by Gasteiger charge is -2.33. The molecule has 2 aromatic carbocycles. The fraction of sp³-hybridized carbons (Fsp3) is 0.481. The lowest BCUT2D eigenvalue weighted by Crippen LogP contribution is -2.53. The van der Waals surface area contributed by atoms with Gasteiger partial charge in [0.05, 0.1) is 18.6 Å². The first kappa shape index (κ1) is 28.8. The Morgan fingerprint density at radius 2 is 1.73 bits per heavy atom. The van der Waals surface area contributed by atoms with Gasteiger partial charge in [-0.1, -0.05) is 61.2 Å². The van der Waals surface area contributed by atoms with Crippen LogP contribution in [-0.4, -0.2) is 56.6 Å². The molecule has 0 saturated heterocycles. The number of ether oxygens (including phenoxy) is 1. The molecule has 0 aromatic heterocycles. The molecule has 37 heavy (non-hydrogen) atoms. The summed E-state index contributed by atoms with van der Waals surface area (Å²) in [5.41, 5.74) is 0.924. The van der Waals surface area contributed by atoms with Gasteiger partial charge in [-0.3, -0.25) is 13.9 Å². The molecule has 10 heteroatoms. The number of nitrogens with zero attached hydrogens (tertiary/aromatic N) is 2. The zero-order valence-corrected chi connectivity index (χ0v) is 23.2. The topological polar surface area (TPSA) is 96.0 Å². The highest BCUT2D eigenvalue weighted by Gasteiger charge is 2.32. The lowest BCUT2D eigenvalue weighted by atomic mass is 9.95. The molecule has 8 nitrogen and oxygen atoms in total. The monoisotopic (exact) mass is 549 g/mol. The number of hydrogen-bond donors (Lipinski definition) is 1. The Kier molecular flexibility index (Phi) is 10.2. The molecule has 1 aliphatic carbocycles. The van der Waals surface area contributed by atoms with E-state index in [9.17, 15) is 18.0 Å². The second kappa shape index (κ2) is 13.1. The number of nitrogens with one attached hydrogen (secondary N) is 1. The number of amides is 2. The zero-order valence-electron chi connectivity index (χ0n) is 21.7. The van der Waals surface area contributed by atoms with Crippen LogP contribution in [0.5, 0.6) is 5.75 Å². The van der Waals surface area contributed by atoms with Crippen LogP contribution in [0.25, 0.3) is 0 Å². The van der Waals surface area contributed by atoms with Crippen molar-refractivity contribution >= 4 is 39.1 Å². The van der Waals surface area contributed by atoms with Gasteiger partial charge in [-0.15, -0.1) is 0 Å². The van der Waals surface area contributed by atoms with Crippen molar-refractivity contribution in [2.45, 2.75) is 64.6 Å². The number of carbonyl (C=O) groups excluding carboxylic acids is 2. The highest BCUT2D eigenvalue weighted by molar-refractivity contribution is 7.92. The molecule has 0 aliphatic heterocycles. The van der Waals surface area contributed by atoms with E-state index < -0.39 is 28.5 Å². The van der Waals surface area contributed by atoms with Crippen molar-refractivity contribution in [2.24, 2.45) is 0 Å². The smallest absolute Gasteiger partial charge is 0.244 e. The van der Waals surface area contributed by atoms with E-state index >= 15 is 0 Å². The molecular weight excluding hydrogens is 514 g/mol. The number of para-hydroxylation sites is 2. The van der Waals surface area contributed by atoms with E-state index in [-0.39, 0.29) is 24.2 Å². The van der Waals surface area contributed by atoms with Crippen LogP contribution in [0.4, 0.5) is 5.69 Å². The highest BCUT2D eigenvalue weighted by Crippen LogP contribution is 2.30. The van der Waals surface area contributed by atoms with Crippen LogP contribution in [0, 0.1) is 0 Å². The van der Waals surface area contributed by atoms with E-state index in [1.165, 1.54) is 4.90 Å². The van der Waals surface area contributed by atoms with Crippen LogP contribution >= 0.6 is 11.6 Å². The summed E-state index contributed by atoms with van der Waals surface area (Å²) in [5, 5.41) is 3.54. The minimum atomic E-state index is -3.86. The summed E-state index contributed by atoms with van der Waals surface area (Å²) in [5.74, 6) is -0.445. The van der Waals surface area contributed by atoms with E-state index in [0.717, 1.165) is 42.7 Å². The van der Waals surface area contributed by atoms with Crippen molar-refractivity contribution in [2.75, 3.05) is 23.7 Å². The summed E-state index contributed by atoms with van der Waals surface area (Å²) in [6, 6.07) is 13.0. The first-order chi connectivity index (χ1) is 17.6. The fourth-order valence-electron chi connectivity index (χ4n) is 4.50. The van der Waals surface area contributed by atoms with Crippen molar-refractivity contribution < 1.29 is 22.7 Å². The number of carbonyl (C=O) groups is 2. The number of rotatable bonds is 11. The maximum atomic E-state index is 13.8. The Hall–Kier alpha value is -2.78. The van der Waals surface area contributed by atoms with Gasteiger partial charge in [0.15, 0.2) is 0 Å². The van der Waals surface area contributed by atoms with Gasteiger partial charge in [0.2, 0.25) is 21.8 Å². The largest absolute Gasteiger partial charge is 0.492 e. The van der Waals surface area contributed by atoms with Gasteiger partial charge in [0.1, 0.15) is 18.3 Å². The van der Waals surface area contributed by atoms with Crippen molar-refractivity contribution in [1.29, 1.82) is 0 Å². The SMILES string of the molecule is CCOc1ccccc1N(CC(=O)N(Cc1ccccc1Cl)[C@H](C)C(=O)NC1CCCCC1)S(C)(=O)=O. The maximum Gasteiger partial charge on any atom is 0.244 e. The Balaban J connectivity index is 1.91. The number of sulfonamides is 1. The van der Waals surface area contributed by atoms with Crippen LogP contribution in [0.1, 0.15) is 51.5 Å². The second-order valence-corrected chi connectivity index (χ2v) is 11.6. The summed E-state index contributed by atoms with van der Waals surface area (Å²) < 4.78 is 32.3. The predicted molar refractivity (Wildman–Crippen MR) is 146 cm³/mol. The second-order valence-electron chi connectivity index (χ2n) is 9.30. The predicted octanol–water partition coefficient (Wildman–Crippen LogP) is 4.37. The summed E-state index contributed by atoms with van der Waals surface area (Å²) in [7, 11) is -3.86. The van der Waals surface area contributed by atoms with E-state index in [1.54, 1.807) is 62.4 Å². The molecule has 1 saturated carbocycles. The van der Waals surface area contributed by atoms with Gasteiger partial charge >= 0.3 is 0 Å². The maximum absolute atomic E-state index is 13.8. The average Bonchev–Trinajstić information content (AvgIpc) is 2.87. The Labute approximate surface area is 225 Å². The molecule has 1 fully saturated rings. The molecular formula is C27H36ClN3O5S. The molecule has 0 spiro atoms. The minimum Gasteiger partial charge on any atom is -0.492 e. The van der Waals surface area contributed by atoms with Gasteiger partial charge in [-0.25, -0.2) is 8.42 Å². The molecule has 2 aromatic rings. The van der Waals surface area contributed by atoms with Crippen LogP contribution in [-0.2, 0) is 26.2 Å². The van der Waals surface area contributed by atoms with Crippen molar-refractivity contribution in [1.82, 2.24) is 10.2 Å². The first-order valence-electron chi connectivity index (χ1n) is 12.6. The molecule has 0 radical (unpaired) electrons. The molecule has 1 atom stereocenters. The Bertz CT molecular complexity index is 1180. The third-order valence-electron chi connectivity index (χ3n) is 6.53. The molecule has 0 heterocycles. The van der Waals surface area contributed by atoms with Gasteiger partial charge < -0.3 is 15.0 Å². The molecule has 1 aliphatic rings. The van der Waals surface area contributed by atoms with Crippen LogP contribution in [0.3, 0.4) is 0 Å². The van der Waals surface area contributed by atoms with E-state index in [4.69, 9.17) is 16.3 Å². The van der Waals surface area contributed by atoms with Gasteiger partial charge in [0, 0.05) is 17.6 Å². The van der Waals surface area contributed by atoms with Gasteiger partial charge in [0.25, 0.3) is 0 Å². The first-order valence-corrected chi connectivity index (χ1v) is 14.9. The van der Waals surface area contributed by atoms with Gasteiger partial charge in [-0.2, -0.15) is 0 Å². The molecule has 202 valence electrons. The van der Waals surface area contributed by atoms with E-state index in [1.807, 2.05) is 0 Å². The van der Waals surface area contributed by atoms with Crippen LogP contribution < -0.4 is 14.4 Å². The Morgan fingerprint density at radius 1 is 1.08 bits per heavy atom. The minimum absolute atomic E-state index is 0.0580. The van der Waals surface area contributed by atoms with Crippen molar-refractivity contribution in [3.05, 3.63) is 59.1 Å². The fourth-order valence-corrected chi connectivity index (χ4v) is 5.55. The quantitative estimate of drug-likeness (QED) is 0.449. The average molecular weight is 550 g/mol. The van der Waals surface area contributed by atoms with E-state index in [2.05, 4.69) is 5.32 Å². The number of anilines is 1. The molecule has 3 rings (SSSR count). The number of hydrogen-bond acceptors (Lipinski definition) is 5. The Morgan fingerprint density at radius 3 is 2.38 bits per heavy atom. The van der Waals surface area contributed by atoms with Crippen molar-refractivity contribution in [3.8, 4) is 5.75 Å². The summed E-state index contributed by atoms with van der Waals surface area (Å²) in [4.78, 5) is 28.4. The third kappa shape index (κ3) is 7.85. The molecule has 1 N–H and O–H groups in total. The van der Waals surface area contributed by atoms with Crippen molar-refractivity contribution in [3.63, 3.8) is 0 Å². The standard InChI is InChI=1S/C27H36ClN3O5S/c1-4-36-25-17-11-10-16-24(25)31(37(3,34)35)19-26(32)30(18-21-12-8-9-15-23(21)28)20(2)27(33)29-22-13-6-5-7-14-22/h8-12,15-17,20,22H,4-7,13-14,18-19H2,1-3H3,(H,29,33)/t20-/m1/s1. The molecule has 2 amide bonds. The number of benzene rings is 2. The highest BCUT2D eigenvalue weighted by atomic mass is 35.5. The summed E-state index contributed by atoms with van der Waals surface area (Å²) >= 11 is 6.38. The zero-order chi connectivity index (χ0) is 27.0. The summed E-state index contributed by atoms with van der Waals surface area (Å²) in [6.45, 7) is 3.35. The third-order valence-corrected chi connectivity index (χ3v) is 8.03. The lowest BCUT2D eigenvalue weighted by molar-refractivity contribution is -0.139. The van der Waals surface area contributed by atoms with Crippen LogP contribution in [0.2, 0.25) is 5.02 Å². The van der Waals surface area contributed by atoms with Crippen LogP contribution in [0.15, 0.2) is 48.5 Å². The summed E-state index contributed by atoms with van der Waals surface area (Å²) in [6.07, 6.45) is 6.14. The van der Waals surface area contributed by atoms with Gasteiger partial charge in [-0.05, 0) is 50.5 Å².